The van der Waals surface area contributed by atoms with Crippen LogP contribution in [0.2, 0.25) is 0 Å². The molecule has 1 aromatic rings. The van der Waals surface area contributed by atoms with Crippen molar-refractivity contribution in [3.05, 3.63) is 29.3 Å². The molecule has 3 rings (SSSR count). The molecule has 2 amide bonds. The molecule has 2 heterocycles. The van der Waals surface area contributed by atoms with Crippen LogP contribution in [0.5, 0.6) is 5.75 Å². The molecule has 31 heavy (non-hydrogen) atoms. The maximum atomic E-state index is 12.4. The summed E-state index contributed by atoms with van der Waals surface area (Å²) in [6, 6.07) is 7.53. The summed E-state index contributed by atoms with van der Waals surface area (Å²) in [6.07, 6.45) is 3.22. The number of nitrogens with zero attached hydrogens (tertiary/aromatic N) is 4. The number of rotatable bonds is 8. The summed E-state index contributed by atoms with van der Waals surface area (Å²) in [4.78, 5) is 21.2. The van der Waals surface area contributed by atoms with Gasteiger partial charge in [-0.25, -0.2) is 4.79 Å². The van der Waals surface area contributed by atoms with Crippen LogP contribution in [0, 0.1) is 6.92 Å². The Morgan fingerprint density at radius 2 is 1.87 bits per heavy atom. The highest BCUT2D eigenvalue weighted by atomic mass is 16.5. The van der Waals surface area contributed by atoms with E-state index in [9.17, 15) is 4.79 Å². The third-order valence-corrected chi connectivity index (χ3v) is 6.60. The van der Waals surface area contributed by atoms with Crippen molar-refractivity contribution in [1.29, 1.82) is 0 Å². The molecule has 1 aromatic carbocycles. The number of likely N-dealkylation sites (tertiary alicyclic amines) is 1. The Kier molecular flexibility index (Phi) is 8.58. The van der Waals surface area contributed by atoms with Crippen LogP contribution in [0.15, 0.2) is 18.2 Å². The van der Waals surface area contributed by atoms with Crippen LogP contribution in [0.3, 0.4) is 0 Å². The van der Waals surface area contributed by atoms with Gasteiger partial charge in [0.2, 0.25) is 0 Å². The summed E-state index contributed by atoms with van der Waals surface area (Å²) >= 11 is 0. The minimum atomic E-state index is 0.126. The van der Waals surface area contributed by atoms with Crippen molar-refractivity contribution in [2.45, 2.75) is 44.8 Å². The first kappa shape index (κ1) is 23.8. The molecule has 1 atom stereocenters. The molecule has 1 unspecified atom stereocenters. The van der Waals surface area contributed by atoms with Crippen molar-refractivity contribution in [3.63, 3.8) is 0 Å². The Hall–Kier alpha value is -1.83. The highest BCUT2D eigenvalue weighted by Gasteiger charge is 2.34. The molecule has 7 nitrogen and oxygen atoms in total. The third-order valence-electron chi connectivity index (χ3n) is 6.60. The maximum absolute atomic E-state index is 12.4. The molecule has 0 saturated carbocycles. The minimum absolute atomic E-state index is 0.126. The van der Waals surface area contributed by atoms with Gasteiger partial charge in [0.15, 0.2) is 0 Å². The third kappa shape index (κ3) is 6.34. The molecule has 0 radical (unpaired) electrons. The van der Waals surface area contributed by atoms with E-state index in [1.54, 1.807) is 12.0 Å². The quantitative estimate of drug-likeness (QED) is 0.632. The fourth-order valence-corrected chi connectivity index (χ4v) is 4.86. The number of carbonyl (C=O) groups is 1. The van der Waals surface area contributed by atoms with Crippen LogP contribution in [0.4, 0.5) is 4.79 Å². The molecule has 0 aromatic heterocycles. The van der Waals surface area contributed by atoms with Crippen molar-refractivity contribution in [1.82, 2.24) is 19.6 Å². The first-order chi connectivity index (χ1) is 14.9. The number of hydrogen-bond acceptors (Lipinski definition) is 5. The van der Waals surface area contributed by atoms with Gasteiger partial charge in [0.1, 0.15) is 5.75 Å². The first-order valence-electron chi connectivity index (χ1n) is 11.5. The number of methoxy groups -OCH3 is 1. The Bertz CT molecular complexity index is 721. The summed E-state index contributed by atoms with van der Waals surface area (Å²) < 4.78 is 11.0. The molecule has 174 valence electrons. The minimum Gasteiger partial charge on any atom is -0.496 e. The monoisotopic (exact) mass is 432 g/mol. The van der Waals surface area contributed by atoms with Crippen LogP contribution in [0.25, 0.3) is 0 Å². The summed E-state index contributed by atoms with van der Waals surface area (Å²) in [7, 11) is 7.58. The molecule has 2 fully saturated rings. The summed E-state index contributed by atoms with van der Waals surface area (Å²) in [5, 5.41) is 0. The predicted molar refractivity (Wildman–Crippen MR) is 124 cm³/mol. The number of benzene rings is 1. The molecule has 0 aliphatic carbocycles. The van der Waals surface area contributed by atoms with Crippen LogP contribution in [0.1, 0.15) is 30.4 Å². The standard InChI is InChI=1S/C24H40N4O3/c1-19-16-20(6-7-23(19)30-5)17-26(4)12-13-28(21-9-14-31-15-10-21)22-8-11-27(18-22)24(29)25(2)3/h6-7,16,21-22H,8-15,17-18H2,1-5H3. The fraction of sp³-hybridized carbons (Fsp3) is 0.708. The Morgan fingerprint density at radius 1 is 1.13 bits per heavy atom. The number of urea groups is 1. The number of ether oxygens (including phenoxy) is 2. The molecule has 0 bridgehead atoms. The van der Waals surface area contributed by atoms with E-state index in [1.807, 2.05) is 19.0 Å². The van der Waals surface area contributed by atoms with Crippen LogP contribution >= 0.6 is 0 Å². The van der Waals surface area contributed by atoms with Gasteiger partial charge >= 0.3 is 6.03 Å². The second-order valence-corrected chi connectivity index (χ2v) is 9.19. The van der Waals surface area contributed by atoms with Gasteiger partial charge in [-0.3, -0.25) is 4.90 Å². The molecule has 2 aliphatic rings. The summed E-state index contributed by atoms with van der Waals surface area (Å²) in [6.45, 7) is 8.40. The fourth-order valence-electron chi connectivity index (χ4n) is 4.86. The lowest BCUT2D eigenvalue weighted by Crippen LogP contribution is -2.50. The van der Waals surface area contributed by atoms with E-state index in [-0.39, 0.29) is 6.03 Å². The van der Waals surface area contributed by atoms with E-state index in [0.717, 1.165) is 70.9 Å². The highest BCUT2D eigenvalue weighted by molar-refractivity contribution is 5.74. The highest BCUT2D eigenvalue weighted by Crippen LogP contribution is 2.24. The topological polar surface area (TPSA) is 48.5 Å². The Morgan fingerprint density at radius 3 is 2.52 bits per heavy atom. The smallest absolute Gasteiger partial charge is 0.319 e. The molecule has 2 aliphatic heterocycles. The van der Waals surface area contributed by atoms with Gasteiger partial charge in [0.25, 0.3) is 0 Å². The van der Waals surface area contributed by atoms with Gasteiger partial charge in [-0.15, -0.1) is 0 Å². The van der Waals surface area contributed by atoms with Crippen LogP contribution in [-0.2, 0) is 11.3 Å². The number of hydrogen-bond donors (Lipinski definition) is 0. The van der Waals surface area contributed by atoms with E-state index < -0.39 is 0 Å². The van der Waals surface area contributed by atoms with E-state index in [0.29, 0.717) is 12.1 Å². The van der Waals surface area contributed by atoms with Gasteiger partial charge in [-0.05, 0) is 50.4 Å². The largest absolute Gasteiger partial charge is 0.496 e. The van der Waals surface area contributed by atoms with E-state index >= 15 is 0 Å². The zero-order chi connectivity index (χ0) is 22.4. The molecular weight excluding hydrogens is 392 g/mol. The SMILES string of the molecule is COc1ccc(CN(C)CCN(C2CCOCC2)C2CCN(C(=O)N(C)C)C2)cc1C. The number of amides is 2. The zero-order valence-electron chi connectivity index (χ0n) is 20.0. The Labute approximate surface area is 187 Å². The van der Waals surface area contributed by atoms with E-state index in [2.05, 4.69) is 42.0 Å². The van der Waals surface area contributed by atoms with Crippen molar-refractivity contribution < 1.29 is 14.3 Å². The lowest BCUT2D eigenvalue weighted by atomic mass is 10.0. The maximum Gasteiger partial charge on any atom is 0.319 e. The van der Waals surface area contributed by atoms with E-state index in [4.69, 9.17) is 9.47 Å². The summed E-state index contributed by atoms with van der Waals surface area (Å²) in [5.41, 5.74) is 2.48. The van der Waals surface area contributed by atoms with Crippen molar-refractivity contribution in [3.8, 4) is 5.75 Å². The first-order valence-corrected chi connectivity index (χ1v) is 11.5. The zero-order valence-corrected chi connectivity index (χ0v) is 20.0. The number of aryl methyl sites for hydroxylation is 1. The summed E-state index contributed by atoms with van der Waals surface area (Å²) in [5.74, 6) is 0.940. The van der Waals surface area contributed by atoms with Crippen molar-refractivity contribution >= 4 is 6.03 Å². The molecule has 7 heteroatoms. The molecular formula is C24H40N4O3. The molecule has 0 N–H and O–H groups in total. The van der Waals surface area contributed by atoms with E-state index in [1.165, 1.54) is 11.1 Å². The van der Waals surface area contributed by atoms with Crippen LogP contribution < -0.4 is 4.74 Å². The van der Waals surface area contributed by atoms with Gasteiger partial charge in [-0.1, -0.05) is 12.1 Å². The lowest BCUT2D eigenvalue weighted by molar-refractivity contribution is 0.0150. The Balaban J connectivity index is 1.59. The normalized spacial score (nSPS) is 20.0. The van der Waals surface area contributed by atoms with Gasteiger partial charge in [-0.2, -0.15) is 0 Å². The predicted octanol–water partition coefficient (Wildman–Crippen LogP) is 2.67. The van der Waals surface area contributed by atoms with Gasteiger partial charge in [0.05, 0.1) is 7.11 Å². The molecule has 0 spiro atoms. The van der Waals surface area contributed by atoms with Gasteiger partial charge < -0.3 is 24.2 Å². The average Bonchev–Trinajstić information content (AvgIpc) is 3.24. The van der Waals surface area contributed by atoms with Gasteiger partial charge in [0, 0.05) is 72.1 Å². The average molecular weight is 433 g/mol. The number of carbonyl (C=O) groups excluding carboxylic acids is 1. The second-order valence-electron chi connectivity index (χ2n) is 9.19. The van der Waals surface area contributed by atoms with Crippen molar-refractivity contribution in [2.24, 2.45) is 0 Å². The van der Waals surface area contributed by atoms with Crippen molar-refractivity contribution in [2.75, 3.05) is 67.6 Å². The van der Waals surface area contributed by atoms with Crippen LogP contribution in [-0.4, -0.2) is 105 Å². The lowest BCUT2D eigenvalue weighted by Gasteiger charge is -2.39. The second kappa shape index (κ2) is 11.2. The molecule has 2 saturated heterocycles. The number of likely N-dealkylation sites (N-methyl/N-ethyl adjacent to an activating group) is 1.